The van der Waals surface area contributed by atoms with Crippen LogP contribution in [-0.4, -0.2) is 105 Å². The molecule has 3 saturated carbocycles. The summed E-state index contributed by atoms with van der Waals surface area (Å²) >= 11 is 8.96. The van der Waals surface area contributed by atoms with E-state index in [1.807, 2.05) is 34.6 Å². The van der Waals surface area contributed by atoms with Crippen LogP contribution in [-0.2, 0) is 43.0 Å². The van der Waals surface area contributed by atoms with Gasteiger partial charge in [-0.25, -0.2) is 0 Å². The molecular formula is C38H54ClN3O11S. The van der Waals surface area contributed by atoms with E-state index >= 15 is 0 Å². The van der Waals surface area contributed by atoms with Crippen LogP contribution < -0.4 is 16.0 Å². The average molecular weight is 796 g/mol. The van der Waals surface area contributed by atoms with Crippen molar-refractivity contribution in [3.8, 4) is 0 Å². The number of amides is 3. The number of carboxylic acid groups (broad SMARTS) is 1. The Kier molecular flexibility index (Phi) is 13.9. The summed E-state index contributed by atoms with van der Waals surface area (Å²) in [5.41, 5.74) is -2.70. The number of hydrogen-bond donors (Lipinski definition) is 5. The van der Waals surface area contributed by atoms with Gasteiger partial charge >= 0.3 is 11.9 Å². The molecule has 0 aliphatic heterocycles. The Hall–Kier alpha value is -3.27. The first-order valence-electron chi connectivity index (χ1n) is 18.6. The van der Waals surface area contributed by atoms with Crippen molar-refractivity contribution >= 4 is 64.6 Å². The maximum absolute atomic E-state index is 14.4. The molecule has 4 rings (SSSR count). The normalized spacial score (nSPS) is 33.1. The lowest BCUT2D eigenvalue weighted by Crippen LogP contribution is -2.69. The van der Waals surface area contributed by atoms with Crippen LogP contribution in [0.25, 0.3) is 0 Å². The van der Waals surface area contributed by atoms with E-state index in [4.69, 9.17) is 21.1 Å². The lowest BCUT2D eigenvalue weighted by molar-refractivity contribution is -0.203. The Morgan fingerprint density at radius 3 is 2.44 bits per heavy atom. The van der Waals surface area contributed by atoms with Gasteiger partial charge in [-0.2, -0.15) is 0 Å². The Morgan fingerprint density at radius 2 is 1.80 bits per heavy atom. The number of carbonyl (C=O) groups is 7. The third-order valence-electron chi connectivity index (χ3n) is 12.0. The van der Waals surface area contributed by atoms with Crippen molar-refractivity contribution in [2.75, 3.05) is 25.6 Å². The monoisotopic (exact) mass is 795 g/mol. The number of esters is 1. The van der Waals surface area contributed by atoms with E-state index in [1.54, 1.807) is 19.1 Å². The fourth-order valence-electron chi connectivity index (χ4n) is 9.40. The Balaban J connectivity index is 1.47. The van der Waals surface area contributed by atoms with Gasteiger partial charge in [0.15, 0.2) is 11.4 Å². The van der Waals surface area contributed by atoms with Crippen molar-refractivity contribution in [3.63, 3.8) is 0 Å². The quantitative estimate of drug-likeness (QED) is 0.0622. The number of alkyl halides is 1. The number of aliphatic hydroxyl groups excluding tert-OH is 1. The third-order valence-corrected chi connectivity index (χ3v) is 14.1. The molecule has 14 nitrogen and oxygen atoms in total. The molecule has 0 spiro atoms. The van der Waals surface area contributed by atoms with Crippen LogP contribution >= 0.6 is 23.4 Å². The molecule has 3 fully saturated rings. The summed E-state index contributed by atoms with van der Waals surface area (Å²) < 4.78 is 11.8. The van der Waals surface area contributed by atoms with Gasteiger partial charge in [-0.05, 0) is 61.3 Å². The Bertz CT molecular complexity index is 1590. The van der Waals surface area contributed by atoms with Gasteiger partial charge in [0.2, 0.25) is 23.5 Å². The molecule has 300 valence electrons. The Morgan fingerprint density at radius 1 is 1.09 bits per heavy atom. The van der Waals surface area contributed by atoms with Gasteiger partial charge in [-0.1, -0.05) is 53.2 Å². The number of hydrogen-bond acceptors (Lipinski definition) is 11. The summed E-state index contributed by atoms with van der Waals surface area (Å²) in [5, 5.41) is 28.8. The minimum Gasteiger partial charge on any atom is -0.481 e. The number of aliphatic carboxylic acids is 1. The first-order valence-corrected chi connectivity index (χ1v) is 20.0. The SMILES string of the molecule is CCC(=O)O[C@]1(C(=O)COCNC(=O)[C@H](CCC(=O)O)NC(=O)CNC(=O)CSC(C)C)[C@@H](C)CC2[C@@H]3CCC4=CC(=O)C=C[C@]4(C)[C@@]3(Cl)[C@@H](O)C[C@@]21C. The molecule has 54 heavy (non-hydrogen) atoms. The second kappa shape index (κ2) is 17.3. The molecule has 4 aliphatic rings. The molecule has 0 aromatic carbocycles. The highest BCUT2D eigenvalue weighted by Gasteiger charge is 2.76. The lowest BCUT2D eigenvalue weighted by atomic mass is 9.45. The second-order valence-corrected chi connectivity index (χ2v) is 17.8. The predicted molar refractivity (Wildman–Crippen MR) is 200 cm³/mol. The number of ketones is 2. The summed E-state index contributed by atoms with van der Waals surface area (Å²) in [6, 6.07) is -1.27. The molecule has 0 saturated heterocycles. The molecule has 0 heterocycles. The first-order chi connectivity index (χ1) is 25.3. The van der Waals surface area contributed by atoms with Gasteiger partial charge in [0.05, 0.1) is 23.3 Å². The smallest absolute Gasteiger partial charge is 0.306 e. The largest absolute Gasteiger partial charge is 0.481 e. The maximum atomic E-state index is 14.4. The van der Waals surface area contributed by atoms with E-state index in [9.17, 15) is 43.8 Å². The van der Waals surface area contributed by atoms with Gasteiger partial charge in [0, 0.05) is 29.6 Å². The van der Waals surface area contributed by atoms with Crippen LogP contribution in [0.5, 0.6) is 0 Å². The molecule has 9 atom stereocenters. The number of aliphatic hydroxyl groups is 1. The van der Waals surface area contributed by atoms with Crippen LogP contribution in [0.1, 0.15) is 86.5 Å². The van der Waals surface area contributed by atoms with Crippen molar-refractivity contribution in [2.24, 2.45) is 28.6 Å². The molecule has 1 unspecified atom stereocenters. The van der Waals surface area contributed by atoms with Crippen LogP contribution in [0.15, 0.2) is 23.8 Å². The van der Waals surface area contributed by atoms with Gasteiger partial charge < -0.3 is 35.6 Å². The van der Waals surface area contributed by atoms with E-state index in [2.05, 4.69) is 16.0 Å². The number of rotatable bonds is 17. The van der Waals surface area contributed by atoms with Crippen molar-refractivity contribution in [2.45, 2.75) is 114 Å². The van der Waals surface area contributed by atoms with E-state index < -0.39 is 95.2 Å². The van der Waals surface area contributed by atoms with Crippen molar-refractivity contribution < 1.29 is 53.2 Å². The molecule has 0 radical (unpaired) electrons. The maximum Gasteiger partial charge on any atom is 0.306 e. The third kappa shape index (κ3) is 8.29. The minimum absolute atomic E-state index is 0.0000731. The topological polar surface area (TPSA) is 214 Å². The van der Waals surface area contributed by atoms with Gasteiger partial charge in [0.1, 0.15) is 19.4 Å². The molecule has 16 heteroatoms. The highest BCUT2D eigenvalue weighted by molar-refractivity contribution is 8.00. The second-order valence-electron chi connectivity index (χ2n) is 15.6. The summed E-state index contributed by atoms with van der Waals surface area (Å²) in [6.45, 7) is 9.64. The van der Waals surface area contributed by atoms with Gasteiger partial charge in [-0.3, -0.25) is 33.6 Å². The number of carboxylic acids is 1. The zero-order valence-corrected chi connectivity index (χ0v) is 33.4. The average Bonchev–Trinajstić information content (AvgIpc) is 3.32. The number of halogens is 1. The highest BCUT2D eigenvalue weighted by atomic mass is 35.5. The zero-order chi connectivity index (χ0) is 40.2. The minimum atomic E-state index is -1.69. The molecule has 4 aliphatic carbocycles. The Labute approximate surface area is 325 Å². The number of ether oxygens (including phenoxy) is 2. The van der Waals surface area contributed by atoms with Crippen molar-refractivity contribution in [1.82, 2.24) is 16.0 Å². The molecule has 5 N–H and O–H groups in total. The number of fused-ring (bicyclic) bond motifs is 5. The fourth-order valence-corrected chi connectivity index (χ4v) is 10.5. The van der Waals surface area contributed by atoms with Crippen molar-refractivity contribution in [3.05, 3.63) is 23.8 Å². The summed E-state index contributed by atoms with van der Waals surface area (Å²) in [4.78, 5) is 87.5. The number of thioether (sulfide) groups is 1. The number of Topliss-reactive ketones (excluding diaryl/α,β-unsaturated/α-hetero) is 1. The van der Waals surface area contributed by atoms with Gasteiger partial charge in [-0.15, -0.1) is 23.4 Å². The van der Waals surface area contributed by atoms with E-state index in [0.717, 1.165) is 5.57 Å². The van der Waals surface area contributed by atoms with Crippen molar-refractivity contribution in [1.29, 1.82) is 0 Å². The molecule has 0 aromatic heterocycles. The van der Waals surface area contributed by atoms with Crippen LogP contribution in [0.3, 0.4) is 0 Å². The fraction of sp³-hybridized carbons (Fsp3) is 0.711. The van der Waals surface area contributed by atoms with Crippen LogP contribution in [0.2, 0.25) is 0 Å². The van der Waals surface area contributed by atoms with Crippen LogP contribution in [0, 0.1) is 28.6 Å². The number of carbonyl (C=O) groups excluding carboxylic acids is 6. The summed E-state index contributed by atoms with van der Waals surface area (Å²) in [6.07, 6.45) is 4.71. The van der Waals surface area contributed by atoms with E-state index in [1.165, 1.54) is 17.8 Å². The summed E-state index contributed by atoms with van der Waals surface area (Å²) in [5.74, 6) is -5.16. The molecule has 0 bridgehead atoms. The standard InChI is InChI=1S/C38H54ClN3O11S/c1-7-33(50)53-38(22(4)14-26-25-9-8-23-15-24(43)12-13-35(23,5)37(25,39)28(44)16-36(26,38)6)29(45)18-52-20-41-34(51)27(10-11-32(48)49)42-30(46)17-40-31(47)19-54-21(2)3/h12-13,15,21-22,25-28,44H,7-11,14,16-20H2,1-6H3,(H,40,47)(H,41,51)(H,42,46)(H,48,49)/t22-,25-,26?,27-,28-,35-,36-,37-,38-/m0/s1. The molecule has 0 aromatic rings. The van der Waals surface area contributed by atoms with E-state index in [-0.39, 0.29) is 53.8 Å². The number of nitrogens with one attached hydrogen (secondary N) is 3. The van der Waals surface area contributed by atoms with Gasteiger partial charge in [0.25, 0.3) is 0 Å². The lowest BCUT2D eigenvalue weighted by Gasteiger charge is -2.64. The van der Waals surface area contributed by atoms with E-state index in [0.29, 0.717) is 19.3 Å². The first kappa shape index (κ1) is 43.5. The predicted octanol–water partition coefficient (Wildman–Crippen LogP) is 2.83. The highest BCUT2D eigenvalue weighted by Crippen LogP contribution is 2.72. The van der Waals surface area contributed by atoms with Crippen LogP contribution in [0.4, 0.5) is 0 Å². The molecular weight excluding hydrogens is 742 g/mol. The molecule has 3 amide bonds. The number of allylic oxidation sites excluding steroid dienone is 4. The zero-order valence-electron chi connectivity index (χ0n) is 31.8. The summed E-state index contributed by atoms with van der Waals surface area (Å²) in [7, 11) is 0.